The van der Waals surface area contributed by atoms with Crippen molar-refractivity contribution in [2.75, 3.05) is 25.1 Å². The third kappa shape index (κ3) is 3.62. The molecule has 0 aromatic rings. The number of hydrogen-bond donors (Lipinski definition) is 1. The zero-order valence-corrected chi connectivity index (χ0v) is 9.80. The predicted molar refractivity (Wildman–Crippen MR) is 57.7 cm³/mol. The lowest BCUT2D eigenvalue weighted by molar-refractivity contribution is -0.131. The first-order valence-electron chi connectivity index (χ1n) is 4.87. The highest BCUT2D eigenvalue weighted by Gasteiger charge is 2.24. The first kappa shape index (κ1) is 12.2. The molecule has 1 heterocycles. The first-order valence-corrected chi connectivity index (χ1v) is 6.59. The molecule has 1 fully saturated rings. The Labute approximate surface area is 91.7 Å². The normalized spacial score (nSPS) is 21.9. The van der Waals surface area contributed by atoms with Gasteiger partial charge in [-0.15, -0.1) is 0 Å². The third-order valence-electron chi connectivity index (χ3n) is 2.34. The largest absolute Gasteiger partial charge is 0.347 e. The van der Waals surface area contributed by atoms with Gasteiger partial charge in [0.25, 0.3) is 0 Å². The maximum absolute atomic E-state index is 11.6. The van der Waals surface area contributed by atoms with E-state index < -0.39 is 10.8 Å². The first-order chi connectivity index (χ1) is 7.00. The minimum Gasteiger partial charge on any atom is -0.347 e. The molecule has 0 bridgehead atoms. The van der Waals surface area contributed by atoms with Crippen molar-refractivity contribution in [3.63, 3.8) is 0 Å². The van der Waals surface area contributed by atoms with Crippen LogP contribution in [0.1, 0.15) is 13.3 Å². The third-order valence-corrected chi connectivity index (χ3v) is 3.30. The van der Waals surface area contributed by atoms with E-state index in [-0.39, 0.29) is 24.4 Å². The van der Waals surface area contributed by atoms with Crippen LogP contribution in [0.4, 0.5) is 0 Å². The molecule has 0 spiro atoms. The molecular weight excluding hydrogens is 216 g/mol. The fourth-order valence-electron chi connectivity index (χ4n) is 1.61. The maximum atomic E-state index is 11.6. The molecule has 1 aliphatic heterocycles. The lowest BCUT2D eigenvalue weighted by Crippen LogP contribution is -2.43. The summed E-state index contributed by atoms with van der Waals surface area (Å²) in [5.74, 6) is 0.259. The topological polar surface area (TPSA) is 66.5 Å². The standard InChI is InChI=1S/C9H16N2O3S/c1-7(6-15(2)14)11-4-3-8(12)10-5-9(11)13/h7H,3-6H2,1-2H3,(H,10,12). The van der Waals surface area contributed by atoms with Crippen molar-refractivity contribution in [1.82, 2.24) is 10.2 Å². The van der Waals surface area contributed by atoms with Gasteiger partial charge in [-0.05, 0) is 6.92 Å². The van der Waals surface area contributed by atoms with E-state index in [1.54, 1.807) is 11.2 Å². The molecule has 86 valence electrons. The van der Waals surface area contributed by atoms with Gasteiger partial charge in [0.15, 0.2) is 0 Å². The van der Waals surface area contributed by atoms with Crippen molar-refractivity contribution in [3.8, 4) is 0 Å². The highest BCUT2D eigenvalue weighted by Crippen LogP contribution is 2.05. The Morgan fingerprint density at radius 3 is 2.80 bits per heavy atom. The summed E-state index contributed by atoms with van der Waals surface area (Å²) < 4.78 is 11.0. The number of nitrogens with zero attached hydrogens (tertiary/aromatic N) is 1. The molecule has 1 saturated heterocycles. The molecule has 1 N–H and O–H groups in total. The van der Waals surface area contributed by atoms with Crippen LogP contribution in [0.15, 0.2) is 0 Å². The van der Waals surface area contributed by atoms with Crippen LogP contribution in [-0.4, -0.2) is 52.1 Å². The Morgan fingerprint density at radius 2 is 2.20 bits per heavy atom. The Kier molecular flexibility index (Phi) is 4.26. The Morgan fingerprint density at radius 1 is 1.53 bits per heavy atom. The molecule has 5 nitrogen and oxygen atoms in total. The van der Waals surface area contributed by atoms with E-state index in [0.717, 1.165) is 0 Å². The van der Waals surface area contributed by atoms with Crippen molar-refractivity contribution in [2.24, 2.45) is 0 Å². The van der Waals surface area contributed by atoms with Crippen LogP contribution in [0.3, 0.4) is 0 Å². The summed E-state index contributed by atoms with van der Waals surface area (Å²) >= 11 is 0. The SMILES string of the molecule is CC(CS(C)=O)N1CCC(=O)NCC1=O. The minimum atomic E-state index is -0.926. The molecule has 2 atom stereocenters. The zero-order valence-electron chi connectivity index (χ0n) is 8.99. The Balaban J connectivity index is 2.62. The number of carbonyl (C=O) groups excluding carboxylic acids is 2. The smallest absolute Gasteiger partial charge is 0.242 e. The second-order valence-corrected chi connectivity index (χ2v) is 5.18. The van der Waals surface area contributed by atoms with Crippen LogP contribution in [-0.2, 0) is 20.4 Å². The van der Waals surface area contributed by atoms with Crippen molar-refractivity contribution in [3.05, 3.63) is 0 Å². The molecule has 0 saturated carbocycles. The Bertz CT molecular complexity index is 293. The lowest BCUT2D eigenvalue weighted by atomic mass is 10.3. The number of amides is 2. The van der Waals surface area contributed by atoms with Gasteiger partial charge in [-0.2, -0.15) is 0 Å². The van der Waals surface area contributed by atoms with Crippen LogP contribution in [0, 0.1) is 0 Å². The van der Waals surface area contributed by atoms with Gasteiger partial charge in [0.1, 0.15) is 0 Å². The second kappa shape index (κ2) is 5.25. The number of nitrogens with one attached hydrogen (secondary N) is 1. The summed E-state index contributed by atoms with van der Waals surface area (Å²) in [7, 11) is -0.926. The van der Waals surface area contributed by atoms with Gasteiger partial charge in [-0.25, -0.2) is 0 Å². The van der Waals surface area contributed by atoms with Crippen molar-refractivity contribution < 1.29 is 13.8 Å². The summed E-state index contributed by atoms with van der Waals surface area (Å²) in [6.07, 6.45) is 1.94. The number of carbonyl (C=O) groups is 2. The molecule has 2 unspecified atom stereocenters. The van der Waals surface area contributed by atoms with Gasteiger partial charge in [-0.3, -0.25) is 13.8 Å². The van der Waals surface area contributed by atoms with E-state index >= 15 is 0 Å². The molecular formula is C9H16N2O3S. The monoisotopic (exact) mass is 232 g/mol. The van der Waals surface area contributed by atoms with Crippen molar-refractivity contribution >= 4 is 22.6 Å². The molecule has 1 rings (SSSR count). The Hall–Kier alpha value is -0.910. The van der Waals surface area contributed by atoms with Gasteiger partial charge in [0.2, 0.25) is 11.8 Å². The van der Waals surface area contributed by atoms with Gasteiger partial charge in [-0.1, -0.05) is 0 Å². The molecule has 6 heteroatoms. The second-order valence-electron chi connectivity index (χ2n) is 3.70. The number of rotatable bonds is 3. The summed E-state index contributed by atoms with van der Waals surface area (Å²) in [5, 5.41) is 2.53. The van der Waals surface area contributed by atoms with Crippen LogP contribution in [0.5, 0.6) is 0 Å². The van der Waals surface area contributed by atoms with Gasteiger partial charge in [0, 0.05) is 41.8 Å². The van der Waals surface area contributed by atoms with Gasteiger partial charge >= 0.3 is 0 Å². The molecule has 0 aromatic carbocycles. The van der Waals surface area contributed by atoms with Gasteiger partial charge < -0.3 is 10.2 Å². The van der Waals surface area contributed by atoms with Gasteiger partial charge in [0.05, 0.1) is 6.54 Å². The molecule has 0 radical (unpaired) electrons. The fourth-order valence-corrected chi connectivity index (χ4v) is 2.47. The van der Waals surface area contributed by atoms with E-state index in [9.17, 15) is 13.8 Å². The van der Waals surface area contributed by atoms with E-state index in [4.69, 9.17) is 0 Å². The summed E-state index contributed by atoms with van der Waals surface area (Å²) in [6, 6.07) is -0.0731. The van der Waals surface area contributed by atoms with Crippen LogP contribution in [0.2, 0.25) is 0 Å². The van der Waals surface area contributed by atoms with E-state index in [1.807, 2.05) is 6.92 Å². The van der Waals surface area contributed by atoms with E-state index in [1.165, 1.54) is 0 Å². The molecule has 0 aromatic heterocycles. The van der Waals surface area contributed by atoms with Crippen LogP contribution >= 0.6 is 0 Å². The zero-order chi connectivity index (χ0) is 11.4. The average Bonchev–Trinajstić information content (AvgIpc) is 2.28. The summed E-state index contributed by atoms with van der Waals surface area (Å²) in [5.41, 5.74) is 0. The quantitative estimate of drug-likeness (QED) is 0.686. The summed E-state index contributed by atoms with van der Waals surface area (Å²) in [4.78, 5) is 24.3. The van der Waals surface area contributed by atoms with E-state index in [0.29, 0.717) is 18.7 Å². The predicted octanol–water partition coefficient (Wildman–Crippen LogP) is -0.898. The van der Waals surface area contributed by atoms with E-state index in [2.05, 4.69) is 5.32 Å². The number of hydrogen-bond acceptors (Lipinski definition) is 3. The maximum Gasteiger partial charge on any atom is 0.242 e. The molecule has 0 aliphatic carbocycles. The lowest BCUT2D eigenvalue weighted by Gasteiger charge is -2.26. The molecule has 1 aliphatic rings. The van der Waals surface area contributed by atoms with Crippen molar-refractivity contribution in [1.29, 1.82) is 0 Å². The average molecular weight is 232 g/mol. The highest BCUT2D eigenvalue weighted by molar-refractivity contribution is 7.84. The molecule has 15 heavy (non-hydrogen) atoms. The fraction of sp³-hybridized carbons (Fsp3) is 0.778. The van der Waals surface area contributed by atoms with Crippen molar-refractivity contribution in [2.45, 2.75) is 19.4 Å². The molecule has 2 amide bonds. The minimum absolute atomic E-state index is 0.0551. The highest BCUT2D eigenvalue weighted by atomic mass is 32.2. The summed E-state index contributed by atoms with van der Waals surface area (Å²) in [6.45, 7) is 2.33. The van der Waals surface area contributed by atoms with Crippen LogP contribution < -0.4 is 5.32 Å². The van der Waals surface area contributed by atoms with Crippen LogP contribution in [0.25, 0.3) is 0 Å².